The Labute approximate surface area is 106 Å². The molecule has 0 bridgehead atoms. The average molecular weight is 263 g/mol. The van der Waals surface area contributed by atoms with Crippen LogP contribution in [-0.2, 0) is 13.0 Å². The van der Waals surface area contributed by atoms with Crippen LogP contribution in [0.1, 0.15) is 16.4 Å². The number of aromatic nitrogens is 4. The quantitative estimate of drug-likeness (QED) is 0.775. The van der Waals surface area contributed by atoms with Crippen molar-refractivity contribution in [2.24, 2.45) is 5.73 Å². The van der Waals surface area contributed by atoms with Crippen molar-refractivity contribution in [2.75, 3.05) is 0 Å². The lowest BCUT2D eigenvalue weighted by molar-refractivity contribution is 0.627. The number of fused-ring (bicyclic) bond motifs is 1. The van der Waals surface area contributed by atoms with Gasteiger partial charge in [0, 0.05) is 13.0 Å². The number of nitrogens with zero attached hydrogens (tertiary/aromatic N) is 4. The first kappa shape index (κ1) is 11.2. The number of hydrogen-bond donors (Lipinski definition) is 1. The smallest absolute Gasteiger partial charge is 0.234 e. The van der Waals surface area contributed by atoms with Crippen LogP contribution in [-0.4, -0.2) is 19.8 Å². The van der Waals surface area contributed by atoms with Crippen LogP contribution in [0.3, 0.4) is 0 Å². The minimum atomic E-state index is -0.246. The van der Waals surface area contributed by atoms with Crippen LogP contribution in [0.15, 0.2) is 24.3 Å². The summed E-state index contributed by atoms with van der Waals surface area (Å²) in [5.74, 6) is 0.483. The lowest BCUT2D eigenvalue weighted by atomic mass is 10.1. The molecule has 0 radical (unpaired) electrons. The first-order valence-electron chi connectivity index (χ1n) is 5.41. The fourth-order valence-electron chi connectivity index (χ4n) is 1.67. The lowest BCUT2D eigenvalue weighted by Crippen LogP contribution is -2.00. The van der Waals surface area contributed by atoms with E-state index < -0.39 is 0 Å². The zero-order valence-electron chi connectivity index (χ0n) is 9.38. The SMILES string of the molecule is NCc1nn2c(Cc3ccc(F)cc3)nnc2s1. The van der Waals surface area contributed by atoms with Crippen molar-refractivity contribution >= 4 is 16.3 Å². The Hall–Kier alpha value is -1.86. The molecule has 3 rings (SSSR count). The van der Waals surface area contributed by atoms with Crippen LogP contribution in [0.2, 0.25) is 0 Å². The topological polar surface area (TPSA) is 69.1 Å². The van der Waals surface area contributed by atoms with Gasteiger partial charge in [0.25, 0.3) is 0 Å². The summed E-state index contributed by atoms with van der Waals surface area (Å²) in [6, 6.07) is 6.32. The van der Waals surface area contributed by atoms with Gasteiger partial charge < -0.3 is 5.73 Å². The van der Waals surface area contributed by atoms with Crippen LogP contribution in [0.5, 0.6) is 0 Å². The molecule has 0 unspecified atom stereocenters. The molecule has 1 aromatic carbocycles. The maximum Gasteiger partial charge on any atom is 0.234 e. The van der Waals surface area contributed by atoms with Crippen LogP contribution in [0.4, 0.5) is 4.39 Å². The predicted molar refractivity (Wildman–Crippen MR) is 65.8 cm³/mol. The number of halogens is 1. The Kier molecular flexibility index (Phi) is 2.77. The average Bonchev–Trinajstić information content (AvgIpc) is 2.93. The molecule has 18 heavy (non-hydrogen) atoms. The molecule has 0 spiro atoms. The van der Waals surface area contributed by atoms with Crippen molar-refractivity contribution in [3.63, 3.8) is 0 Å². The fraction of sp³-hybridized carbons (Fsp3) is 0.182. The Bertz CT molecular complexity index is 672. The molecule has 92 valence electrons. The summed E-state index contributed by atoms with van der Waals surface area (Å²) in [4.78, 5) is 0.729. The fourth-order valence-corrected chi connectivity index (χ4v) is 2.41. The second kappa shape index (κ2) is 4.43. The molecule has 0 saturated carbocycles. The molecule has 0 amide bonds. The highest BCUT2D eigenvalue weighted by Gasteiger charge is 2.11. The van der Waals surface area contributed by atoms with E-state index in [0.717, 1.165) is 21.4 Å². The van der Waals surface area contributed by atoms with Crippen LogP contribution < -0.4 is 5.73 Å². The summed E-state index contributed by atoms with van der Waals surface area (Å²) < 4.78 is 14.5. The molecule has 2 aromatic heterocycles. The van der Waals surface area contributed by atoms with Gasteiger partial charge in [-0.3, -0.25) is 0 Å². The van der Waals surface area contributed by atoms with E-state index in [-0.39, 0.29) is 5.82 Å². The summed E-state index contributed by atoms with van der Waals surface area (Å²) in [5.41, 5.74) is 6.50. The van der Waals surface area contributed by atoms with E-state index in [1.54, 1.807) is 16.6 Å². The van der Waals surface area contributed by atoms with Gasteiger partial charge in [0.05, 0.1) is 0 Å². The largest absolute Gasteiger partial charge is 0.324 e. The molecule has 0 atom stereocenters. The first-order valence-corrected chi connectivity index (χ1v) is 6.22. The van der Waals surface area contributed by atoms with E-state index in [4.69, 9.17) is 5.73 Å². The highest BCUT2D eigenvalue weighted by molar-refractivity contribution is 7.16. The second-order valence-corrected chi connectivity index (χ2v) is 4.85. The molecule has 5 nitrogen and oxygen atoms in total. The summed E-state index contributed by atoms with van der Waals surface area (Å²) in [6.45, 7) is 0.393. The van der Waals surface area contributed by atoms with Gasteiger partial charge in [-0.15, -0.1) is 10.2 Å². The van der Waals surface area contributed by atoms with Crippen molar-refractivity contribution in [2.45, 2.75) is 13.0 Å². The molecule has 0 aliphatic heterocycles. The van der Waals surface area contributed by atoms with E-state index in [1.807, 2.05) is 0 Å². The van der Waals surface area contributed by atoms with Crippen molar-refractivity contribution in [3.05, 3.63) is 46.5 Å². The van der Waals surface area contributed by atoms with Crippen molar-refractivity contribution in [3.8, 4) is 0 Å². The molecule has 0 saturated heterocycles. The summed E-state index contributed by atoms with van der Waals surface area (Å²) in [5, 5.41) is 13.3. The summed E-state index contributed by atoms with van der Waals surface area (Å²) in [7, 11) is 0. The molecule has 0 fully saturated rings. The van der Waals surface area contributed by atoms with E-state index in [9.17, 15) is 4.39 Å². The van der Waals surface area contributed by atoms with Crippen LogP contribution in [0, 0.1) is 5.82 Å². The van der Waals surface area contributed by atoms with Gasteiger partial charge in [-0.25, -0.2) is 4.39 Å². The number of hydrogen-bond acceptors (Lipinski definition) is 5. The third kappa shape index (κ3) is 1.98. The molecule has 7 heteroatoms. The number of rotatable bonds is 3. The molecule has 2 N–H and O–H groups in total. The highest BCUT2D eigenvalue weighted by Crippen LogP contribution is 2.15. The van der Waals surface area contributed by atoms with Crippen LogP contribution >= 0.6 is 11.3 Å². The number of benzene rings is 1. The molecular weight excluding hydrogens is 253 g/mol. The zero-order valence-corrected chi connectivity index (χ0v) is 10.2. The standard InChI is InChI=1S/C11H10FN5S/c12-8-3-1-7(2-4-8)5-9-14-15-11-17(9)16-10(6-13)18-11/h1-4H,5-6,13H2. The molecule has 2 heterocycles. The normalized spacial score (nSPS) is 11.2. The van der Waals surface area contributed by atoms with E-state index in [1.165, 1.54) is 23.5 Å². The van der Waals surface area contributed by atoms with Crippen molar-refractivity contribution in [1.82, 2.24) is 19.8 Å². The molecular formula is C11H10FN5S. The van der Waals surface area contributed by atoms with Gasteiger partial charge >= 0.3 is 0 Å². The Balaban J connectivity index is 1.94. The minimum Gasteiger partial charge on any atom is -0.324 e. The molecule has 3 aromatic rings. The molecule has 0 aliphatic carbocycles. The second-order valence-electron chi connectivity index (χ2n) is 3.81. The van der Waals surface area contributed by atoms with E-state index in [2.05, 4.69) is 15.3 Å². The maximum atomic E-state index is 12.8. The monoisotopic (exact) mass is 263 g/mol. The van der Waals surface area contributed by atoms with Crippen LogP contribution in [0.25, 0.3) is 4.96 Å². The maximum absolute atomic E-state index is 12.8. The Morgan fingerprint density at radius 1 is 1.22 bits per heavy atom. The van der Waals surface area contributed by atoms with Gasteiger partial charge in [0.15, 0.2) is 5.82 Å². The number of nitrogens with two attached hydrogens (primary N) is 1. The van der Waals surface area contributed by atoms with E-state index >= 15 is 0 Å². The van der Waals surface area contributed by atoms with Gasteiger partial charge in [-0.1, -0.05) is 23.5 Å². The predicted octanol–water partition coefficient (Wildman–Crippen LogP) is 1.37. The van der Waals surface area contributed by atoms with Gasteiger partial charge in [0.2, 0.25) is 4.96 Å². The zero-order chi connectivity index (χ0) is 12.5. The van der Waals surface area contributed by atoms with E-state index in [0.29, 0.717) is 13.0 Å². The Morgan fingerprint density at radius 2 is 2.00 bits per heavy atom. The first-order chi connectivity index (χ1) is 8.76. The summed E-state index contributed by atoms with van der Waals surface area (Å²) in [6.07, 6.45) is 0.565. The van der Waals surface area contributed by atoms with Crippen molar-refractivity contribution in [1.29, 1.82) is 0 Å². The third-order valence-corrected chi connectivity index (χ3v) is 3.47. The summed E-state index contributed by atoms with van der Waals surface area (Å²) >= 11 is 1.42. The van der Waals surface area contributed by atoms with Crippen molar-refractivity contribution < 1.29 is 4.39 Å². The Morgan fingerprint density at radius 3 is 2.72 bits per heavy atom. The minimum absolute atomic E-state index is 0.246. The van der Waals surface area contributed by atoms with Gasteiger partial charge in [-0.2, -0.15) is 9.61 Å². The highest BCUT2D eigenvalue weighted by atomic mass is 32.1. The molecule has 0 aliphatic rings. The lowest BCUT2D eigenvalue weighted by Gasteiger charge is -1.98. The van der Waals surface area contributed by atoms with Gasteiger partial charge in [-0.05, 0) is 17.7 Å². The van der Waals surface area contributed by atoms with Gasteiger partial charge in [0.1, 0.15) is 10.8 Å². The third-order valence-electron chi connectivity index (χ3n) is 2.55.